The van der Waals surface area contributed by atoms with E-state index in [1.165, 1.54) is 23.1 Å². The van der Waals surface area contributed by atoms with Crippen LogP contribution in [-0.2, 0) is 34.0 Å². The van der Waals surface area contributed by atoms with E-state index in [4.69, 9.17) is 9.26 Å². The Kier molecular flexibility index (Phi) is 5.74. The van der Waals surface area contributed by atoms with Gasteiger partial charge >= 0.3 is 6.18 Å². The van der Waals surface area contributed by atoms with Crippen molar-refractivity contribution in [1.82, 2.24) is 10.1 Å². The van der Waals surface area contributed by atoms with E-state index in [1.807, 2.05) is 11.6 Å². The normalized spacial score (nSPS) is 14.1. The lowest BCUT2D eigenvalue weighted by atomic mass is 10.2. The highest BCUT2D eigenvalue weighted by Gasteiger charge is 2.35. The molecule has 4 rings (SSSR count). The molecule has 13 heteroatoms. The third kappa shape index (κ3) is 4.62. The van der Waals surface area contributed by atoms with E-state index >= 15 is 0 Å². The Morgan fingerprint density at radius 3 is 2.64 bits per heavy atom. The minimum atomic E-state index is -4.76. The first-order chi connectivity index (χ1) is 15.6. The Morgan fingerprint density at radius 2 is 1.94 bits per heavy atom. The second kappa shape index (κ2) is 8.39. The zero-order valence-corrected chi connectivity index (χ0v) is 17.9. The first-order valence-corrected chi connectivity index (χ1v) is 11.1. The van der Waals surface area contributed by atoms with E-state index < -0.39 is 33.4 Å². The molecule has 0 saturated carbocycles. The zero-order valence-electron chi connectivity index (χ0n) is 17.1. The van der Waals surface area contributed by atoms with Gasteiger partial charge in [-0.1, -0.05) is 24.2 Å². The number of nitrogens with one attached hydrogen (secondary N) is 1. The summed E-state index contributed by atoms with van der Waals surface area (Å²) in [7, 11) is -4.44. The van der Waals surface area contributed by atoms with Gasteiger partial charge in [0.15, 0.2) is 12.4 Å². The summed E-state index contributed by atoms with van der Waals surface area (Å²) in [6, 6.07) is 7.87. The molecule has 0 radical (unpaired) electrons. The molecule has 1 aliphatic heterocycles. The molecule has 1 aromatic heterocycles. The number of halogens is 3. The molecule has 2 aromatic carbocycles. The number of hydrogen-bond acceptors (Lipinski definition) is 7. The van der Waals surface area contributed by atoms with Crippen LogP contribution >= 0.6 is 0 Å². The number of aromatic nitrogens is 2. The lowest BCUT2D eigenvalue weighted by molar-refractivity contribution is -0.136. The number of anilines is 2. The van der Waals surface area contributed by atoms with Crippen molar-refractivity contribution >= 4 is 27.3 Å². The van der Waals surface area contributed by atoms with Gasteiger partial charge in [0.1, 0.15) is 5.75 Å². The van der Waals surface area contributed by atoms with Gasteiger partial charge in [0, 0.05) is 6.42 Å². The fourth-order valence-corrected chi connectivity index (χ4v) is 4.28. The first-order valence-electron chi connectivity index (χ1n) is 9.66. The van der Waals surface area contributed by atoms with Gasteiger partial charge in [-0.25, -0.2) is 8.42 Å². The summed E-state index contributed by atoms with van der Waals surface area (Å²) in [5.41, 5.74) is -1.64. The van der Waals surface area contributed by atoms with Crippen molar-refractivity contribution in [2.75, 3.05) is 16.2 Å². The number of benzene rings is 2. The van der Waals surface area contributed by atoms with Gasteiger partial charge in [-0.2, -0.15) is 18.2 Å². The van der Waals surface area contributed by atoms with Crippen molar-refractivity contribution in [3.63, 3.8) is 0 Å². The second-order valence-corrected chi connectivity index (χ2v) is 8.69. The fourth-order valence-electron chi connectivity index (χ4n) is 3.18. The average Bonchev–Trinajstić information content (AvgIpc) is 3.22. The van der Waals surface area contributed by atoms with Gasteiger partial charge in [0.05, 0.1) is 28.4 Å². The maximum absolute atomic E-state index is 13.3. The number of para-hydroxylation sites is 1. The highest BCUT2D eigenvalue weighted by Crippen LogP contribution is 2.38. The van der Waals surface area contributed by atoms with Crippen molar-refractivity contribution in [1.29, 1.82) is 0 Å². The Labute approximate surface area is 186 Å². The van der Waals surface area contributed by atoms with E-state index in [1.54, 1.807) is 0 Å². The maximum atomic E-state index is 13.3. The second-order valence-electron chi connectivity index (χ2n) is 7.00. The molecule has 3 aromatic rings. The molecule has 1 amide bonds. The van der Waals surface area contributed by atoms with Gasteiger partial charge in [-0.15, -0.1) is 0 Å². The average molecular weight is 482 g/mol. The Morgan fingerprint density at radius 1 is 1.18 bits per heavy atom. The van der Waals surface area contributed by atoms with Gasteiger partial charge < -0.3 is 9.26 Å². The number of amides is 1. The summed E-state index contributed by atoms with van der Waals surface area (Å²) in [6.07, 6.45) is -4.26. The zero-order chi connectivity index (χ0) is 23.8. The Bertz CT molecular complexity index is 1310. The molecule has 9 nitrogen and oxygen atoms in total. The standard InChI is InChI=1S/C20H17F3N4O5S/c1-2-18-24-17(25-32-18)10-27-15-9-12(7-8-16(15)31-11-19(27)28)33(29,30)26-14-6-4-3-5-13(14)20(21,22)23/h3-9,26H,2,10-11H2,1H3. The van der Waals surface area contributed by atoms with Crippen molar-refractivity contribution in [2.24, 2.45) is 0 Å². The molecule has 0 atom stereocenters. The van der Waals surface area contributed by atoms with Gasteiger partial charge in [-0.3, -0.25) is 14.4 Å². The third-order valence-corrected chi connectivity index (χ3v) is 6.14. The van der Waals surface area contributed by atoms with E-state index in [0.717, 1.165) is 24.3 Å². The van der Waals surface area contributed by atoms with Crippen molar-refractivity contribution in [3.8, 4) is 5.75 Å². The monoisotopic (exact) mass is 482 g/mol. The first kappa shape index (κ1) is 22.6. The predicted octanol–water partition coefficient (Wildman–Crippen LogP) is 3.38. The van der Waals surface area contributed by atoms with E-state index in [2.05, 4.69) is 10.1 Å². The van der Waals surface area contributed by atoms with Crippen LogP contribution in [0, 0.1) is 0 Å². The molecule has 174 valence electrons. The van der Waals surface area contributed by atoms with Crippen LogP contribution in [0.4, 0.5) is 24.5 Å². The molecule has 1 N–H and O–H groups in total. The molecule has 33 heavy (non-hydrogen) atoms. The number of rotatable bonds is 6. The fraction of sp³-hybridized carbons (Fsp3) is 0.250. The molecule has 2 heterocycles. The Hall–Kier alpha value is -3.61. The summed E-state index contributed by atoms with van der Waals surface area (Å²) in [5.74, 6) is 0.326. The summed E-state index contributed by atoms with van der Waals surface area (Å²) in [4.78, 5) is 17.5. The van der Waals surface area contributed by atoms with Crippen LogP contribution in [0.25, 0.3) is 0 Å². The highest BCUT2D eigenvalue weighted by atomic mass is 32.2. The number of fused-ring (bicyclic) bond motifs is 1. The van der Waals surface area contributed by atoms with E-state index in [-0.39, 0.29) is 35.3 Å². The number of aryl methyl sites for hydroxylation is 1. The maximum Gasteiger partial charge on any atom is 0.418 e. The molecular weight excluding hydrogens is 465 g/mol. The van der Waals surface area contributed by atoms with Crippen molar-refractivity contribution in [3.05, 3.63) is 59.7 Å². The van der Waals surface area contributed by atoms with Crippen molar-refractivity contribution in [2.45, 2.75) is 31.0 Å². The largest absolute Gasteiger partial charge is 0.482 e. The van der Waals surface area contributed by atoms with Crippen LogP contribution in [-0.4, -0.2) is 31.1 Å². The van der Waals surface area contributed by atoms with Crippen LogP contribution in [0.2, 0.25) is 0 Å². The van der Waals surface area contributed by atoms with Crippen LogP contribution in [0.5, 0.6) is 5.75 Å². The predicted molar refractivity (Wildman–Crippen MR) is 109 cm³/mol. The molecule has 0 saturated heterocycles. The summed E-state index contributed by atoms with van der Waals surface area (Å²) in [5, 5.41) is 3.79. The number of carbonyl (C=O) groups excluding carboxylic acids is 1. The van der Waals surface area contributed by atoms with Crippen LogP contribution in [0.3, 0.4) is 0 Å². The SMILES string of the molecule is CCc1nc(CN2C(=O)COc3ccc(S(=O)(=O)Nc4ccccc4C(F)(F)F)cc32)no1. The molecule has 0 unspecified atom stereocenters. The quantitative estimate of drug-likeness (QED) is 0.573. The van der Waals surface area contributed by atoms with E-state index in [0.29, 0.717) is 12.3 Å². The molecular formula is C20H17F3N4O5S. The number of ether oxygens (including phenoxy) is 1. The minimum Gasteiger partial charge on any atom is -0.482 e. The minimum absolute atomic E-state index is 0.105. The number of sulfonamides is 1. The van der Waals surface area contributed by atoms with Crippen LogP contribution < -0.4 is 14.4 Å². The topological polar surface area (TPSA) is 115 Å². The number of carbonyl (C=O) groups is 1. The van der Waals surface area contributed by atoms with Crippen molar-refractivity contribution < 1.29 is 35.6 Å². The van der Waals surface area contributed by atoms with Gasteiger partial charge in [0.2, 0.25) is 5.89 Å². The van der Waals surface area contributed by atoms with Crippen LogP contribution in [0.15, 0.2) is 51.9 Å². The smallest absolute Gasteiger partial charge is 0.418 e. The van der Waals surface area contributed by atoms with E-state index in [9.17, 15) is 26.4 Å². The molecule has 0 spiro atoms. The number of alkyl halides is 3. The number of nitrogens with zero attached hydrogens (tertiary/aromatic N) is 3. The highest BCUT2D eigenvalue weighted by molar-refractivity contribution is 7.92. The molecule has 0 fully saturated rings. The molecule has 0 bridgehead atoms. The molecule has 1 aliphatic rings. The van der Waals surface area contributed by atoms with Gasteiger partial charge in [0.25, 0.3) is 15.9 Å². The third-order valence-electron chi connectivity index (χ3n) is 4.77. The molecule has 0 aliphatic carbocycles. The van der Waals surface area contributed by atoms with Gasteiger partial charge in [-0.05, 0) is 30.3 Å². The summed E-state index contributed by atoms with van der Waals surface area (Å²) in [6.45, 7) is 1.43. The lowest BCUT2D eigenvalue weighted by Crippen LogP contribution is -2.38. The summed E-state index contributed by atoms with van der Waals surface area (Å²) >= 11 is 0. The lowest BCUT2D eigenvalue weighted by Gasteiger charge is -2.28. The summed E-state index contributed by atoms with van der Waals surface area (Å²) < 4.78 is 77.9. The number of hydrogen-bond donors (Lipinski definition) is 1. The Balaban J connectivity index is 1.68. The van der Waals surface area contributed by atoms with Crippen LogP contribution in [0.1, 0.15) is 24.2 Å².